The van der Waals surface area contributed by atoms with Crippen molar-refractivity contribution in [1.29, 1.82) is 0 Å². The van der Waals surface area contributed by atoms with Crippen molar-refractivity contribution in [2.45, 2.75) is 45.3 Å². The van der Waals surface area contributed by atoms with Gasteiger partial charge in [-0.15, -0.1) is 0 Å². The molecule has 18 heavy (non-hydrogen) atoms. The van der Waals surface area contributed by atoms with Gasteiger partial charge in [-0.25, -0.2) is 0 Å². The third-order valence-electron chi connectivity index (χ3n) is 3.74. The second-order valence-corrected chi connectivity index (χ2v) is 5.86. The van der Waals surface area contributed by atoms with E-state index in [1.54, 1.807) is 0 Å². The summed E-state index contributed by atoms with van der Waals surface area (Å²) in [5.74, 6) is -0.364. The zero-order valence-electron chi connectivity index (χ0n) is 11.7. The number of nitrogens with two attached hydrogens (primary N) is 1. The maximum atomic E-state index is 10.8. The van der Waals surface area contributed by atoms with Crippen molar-refractivity contribution in [3.63, 3.8) is 0 Å². The largest absolute Gasteiger partial charge is 0.392 e. The van der Waals surface area contributed by atoms with Gasteiger partial charge >= 0.3 is 0 Å². The van der Waals surface area contributed by atoms with E-state index in [4.69, 9.17) is 10.5 Å². The number of carbonyl (C=O) groups excluding carboxylic acids is 1. The highest BCUT2D eigenvalue weighted by molar-refractivity contribution is 5.74. The molecular weight excluding hydrogens is 232 g/mol. The van der Waals surface area contributed by atoms with E-state index in [1.807, 2.05) is 6.92 Å². The van der Waals surface area contributed by atoms with Crippen molar-refractivity contribution in [1.82, 2.24) is 4.90 Å². The van der Waals surface area contributed by atoms with Crippen LogP contribution in [0.25, 0.3) is 0 Å². The summed E-state index contributed by atoms with van der Waals surface area (Å²) in [7, 11) is 0. The predicted octanol–water partition coefficient (Wildman–Crippen LogP) is 0.360. The van der Waals surface area contributed by atoms with Gasteiger partial charge in [0, 0.05) is 12.1 Å². The van der Waals surface area contributed by atoms with Crippen LogP contribution in [0.4, 0.5) is 0 Å². The van der Waals surface area contributed by atoms with Gasteiger partial charge in [-0.3, -0.25) is 9.69 Å². The molecule has 3 N–H and O–H groups in total. The maximum Gasteiger partial charge on any atom is 0.220 e. The van der Waals surface area contributed by atoms with Gasteiger partial charge in [0.25, 0.3) is 0 Å². The molecule has 1 amide bonds. The Morgan fingerprint density at radius 3 is 2.78 bits per heavy atom. The summed E-state index contributed by atoms with van der Waals surface area (Å²) in [6.45, 7) is 9.63. The molecule has 5 heteroatoms. The van der Waals surface area contributed by atoms with Crippen LogP contribution in [0, 0.1) is 5.92 Å². The molecule has 1 heterocycles. The molecule has 0 spiro atoms. The van der Waals surface area contributed by atoms with Crippen LogP contribution in [0.15, 0.2) is 0 Å². The summed E-state index contributed by atoms with van der Waals surface area (Å²) in [6.07, 6.45) is 0.276. The number of carbonyl (C=O) groups is 1. The first kappa shape index (κ1) is 15.4. The van der Waals surface area contributed by atoms with Crippen molar-refractivity contribution in [3.8, 4) is 0 Å². The molecule has 106 valence electrons. The third-order valence-corrected chi connectivity index (χ3v) is 3.74. The van der Waals surface area contributed by atoms with E-state index >= 15 is 0 Å². The molecule has 2 atom stereocenters. The summed E-state index contributed by atoms with van der Waals surface area (Å²) >= 11 is 0. The van der Waals surface area contributed by atoms with Gasteiger partial charge in [-0.1, -0.05) is 6.92 Å². The third kappa shape index (κ3) is 4.55. The fourth-order valence-electron chi connectivity index (χ4n) is 2.26. The van der Waals surface area contributed by atoms with E-state index in [9.17, 15) is 9.90 Å². The highest BCUT2D eigenvalue weighted by atomic mass is 16.5. The van der Waals surface area contributed by atoms with Gasteiger partial charge in [0.05, 0.1) is 25.7 Å². The number of aliphatic hydroxyl groups is 1. The minimum Gasteiger partial charge on any atom is -0.392 e. The van der Waals surface area contributed by atoms with Crippen LogP contribution in [-0.4, -0.2) is 53.9 Å². The Kier molecular flexibility index (Phi) is 5.56. The summed E-state index contributed by atoms with van der Waals surface area (Å²) in [6, 6.07) is 0. The highest BCUT2D eigenvalue weighted by Crippen LogP contribution is 2.21. The predicted molar refractivity (Wildman–Crippen MR) is 70.1 cm³/mol. The normalized spacial score (nSPS) is 23.6. The molecule has 5 nitrogen and oxygen atoms in total. The van der Waals surface area contributed by atoms with Crippen LogP contribution < -0.4 is 5.73 Å². The molecule has 0 aromatic heterocycles. The first-order valence-corrected chi connectivity index (χ1v) is 6.62. The maximum absolute atomic E-state index is 10.8. The molecule has 0 aromatic rings. The number of nitrogens with zero attached hydrogens (tertiary/aromatic N) is 1. The summed E-state index contributed by atoms with van der Waals surface area (Å²) in [5, 5.41) is 9.80. The smallest absolute Gasteiger partial charge is 0.220 e. The molecule has 0 saturated carbocycles. The average Bonchev–Trinajstić information content (AvgIpc) is 2.25. The van der Waals surface area contributed by atoms with Crippen LogP contribution in [0.3, 0.4) is 0 Å². The molecule has 1 rings (SSSR count). The minimum atomic E-state index is -0.633. The Morgan fingerprint density at radius 1 is 1.56 bits per heavy atom. The van der Waals surface area contributed by atoms with Crippen LogP contribution in [0.2, 0.25) is 0 Å². The number of amides is 1. The van der Waals surface area contributed by atoms with E-state index in [1.165, 1.54) is 0 Å². The Morgan fingerprint density at radius 2 is 2.22 bits per heavy atom. The molecular formula is C13H26N2O3. The lowest BCUT2D eigenvalue weighted by atomic mass is 9.95. The van der Waals surface area contributed by atoms with Crippen LogP contribution >= 0.6 is 0 Å². The first-order valence-electron chi connectivity index (χ1n) is 6.62. The van der Waals surface area contributed by atoms with Gasteiger partial charge in [0.1, 0.15) is 0 Å². The molecule has 1 fully saturated rings. The van der Waals surface area contributed by atoms with Crippen LogP contribution in [0.5, 0.6) is 0 Å². The lowest BCUT2D eigenvalue weighted by Crippen LogP contribution is -2.53. The fourth-order valence-corrected chi connectivity index (χ4v) is 2.26. The lowest BCUT2D eigenvalue weighted by Gasteiger charge is -2.42. The number of hydrogen-bond donors (Lipinski definition) is 2. The summed E-state index contributed by atoms with van der Waals surface area (Å²) < 4.78 is 5.47. The molecule has 0 radical (unpaired) electrons. The van der Waals surface area contributed by atoms with E-state index in [0.29, 0.717) is 0 Å². The second-order valence-electron chi connectivity index (χ2n) is 5.86. The molecule has 0 aliphatic carbocycles. The Labute approximate surface area is 109 Å². The zero-order valence-corrected chi connectivity index (χ0v) is 11.7. The molecule has 1 aliphatic rings. The van der Waals surface area contributed by atoms with E-state index < -0.39 is 12.0 Å². The average molecular weight is 258 g/mol. The number of aliphatic hydroxyl groups excluding tert-OH is 1. The van der Waals surface area contributed by atoms with Gasteiger partial charge in [-0.05, 0) is 32.7 Å². The van der Waals surface area contributed by atoms with Crippen molar-refractivity contribution >= 4 is 5.91 Å². The van der Waals surface area contributed by atoms with Crippen molar-refractivity contribution in [2.75, 3.05) is 26.3 Å². The number of hydrogen-bond acceptors (Lipinski definition) is 4. The number of ether oxygens (including phenoxy) is 1. The quantitative estimate of drug-likeness (QED) is 0.721. The zero-order chi connectivity index (χ0) is 13.8. The summed E-state index contributed by atoms with van der Waals surface area (Å²) in [5.41, 5.74) is 5.14. The van der Waals surface area contributed by atoms with Gasteiger partial charge < -0.3 is 15.6 Å². The standard InChI is InChI=1S/C13H26N2O3/c1-10(11(16)8-12(14)17)4-5-15-6-7-18-9-13(15,2)3/h10-11,16H,4-9H2,1-3H3,(H2,14,17)/t10-,11+/m1/s1. The van der Waals surface area contributed by atoms with Crippen LogP contribution in [-0.2, 0) is 9.53 Å². The Hall–Kier alpha value is -0.650. The molecule has 0 bridgehead atoms. The van der Waals surface area contributed by atoms with Gasteiger partial charge in [-0.2, -0.15) is 0 Å². The monoisotopic (exact) mass is 258 g/mol. The van der Waals surface area contributed by atoms with E-state index in [2.05, 4.69) is 18.7 Å². The van der Waals surface area contributed by atoms with Crippen molar-refractivity contribution in [3.05, 3.63) is 0 Å². The summed E-state index contributed by atoms with van der Waals surface area (Å²) in [4.78, 5) is 13.1. The van der Waals surface area contributed by atoms with E-state index in [0.717, 1.165) is 32.7 Å². The SMILES string of the molecule is C[C@H](CCN1CCOCC1(C)C)[C@@H](O)CC(N)=O. The van der Waals surface area contributed by atoms with Crippen molar-refractivity contribution < 1.29 is 14.6 Å². The highest BCUT2D eigenvalue weighted by Gasteiger charge is 2.30. The number of rotatable bonds is 6. The van der Waals surface area contributed by atoms with Gasteiger partial charge in [0.15, 0.2) is 0 Å². The number of morpholine rings is 1. The topological polar surface area (TPSA) is 75.8 Å². The van der Waals surface area contributed by atoms with Gasteiger partial charge in [0.2, 0.25) is 5.91 Å². The molecule has 0 aromatic carbocycles. The molecule has 1 saturated heterocycles. The molecule has 0 unspecified atom stereocenters. The Bertz CT molecular complexity index is 281. The van der Waals surface area contributed by atoms with Crippen molar-refractivity contribution in [2.24, 2.45) is 11.7 Å². The minimum absolute atomic E-state index is 0.0482. The fraction of sp³-hybridized carbons (Fsp3) is 0.923. The Balaban J connectivity index is 2.37. The number of primary amides is 1. The first-order chi connectivity index (χ1) is 8.33. The van der Waals surface area contributed by atoms with Crippen LogP contribution in [0.1, 0.15) is 33.6 Å². The second kappa shape index (κ2) is 6.50. The van der Waals surface area contributed by atoms with E-state index in [-0.39, 0.29) is 17.9 Å². The molecule has 1 aliphatic heterocycles. The lowest BCUT2D eigenvalue weighted by molar-refractivity contribution is -0.120.